The zero-order valence-electron chi connectivity index (χ0n) is 11.4. The summed E-state index contributed by atoms with van der Waals surface area (Å²) < 4.78 is 5.25. The molecule has 4 nitrogen and oxygen atoms in total. The lowest BCUT2D eigenvalue weighted by atomic mass is 9.61. The van der Waals surface area contributed by atoms with Crippen molar-refractivity contribution in [2.45, 2.75) is 65.0 Å². The molecule has 0 radical (unpaired) electrons. The fourth-order valence-electron chi connectivity index (χ4n) is 2.04. The van der Waals surface area contributed by atoms with Crippen LogP contribution >= 0.6 is 0 Å². The van der Waals surface area contributed by atoms with Gasteiger partial charge in [0, 0.05) is 0 Å². The van der Waals surface area contributed by atoms with Gasteiger partial charge in [-0.05, 0) is 53.9 Å². The molecule has 0 heterocycles. The van der Waals surface area contributed by atoms with Crippen LogP contribution in [0.3, 0.4) is 0 Å². The van der Waals surface area contributed by atoms with Crippen LogP contribution in [0.2, 0.25) is 0 Å². The van der Waals surface area contributed by atoms with Crippen molar-refractivity contribution >= 4 is 6.09 Å². The summed E-state index contributed by atoms with van der Waals surface area (Å²) in [7, 11) is 0. The van der Waals surface area contributed by atoms with Crippen molar-refractivity contribution in [1.82, 2.24) is 5.32 Å². The maximum absolute atomic E-state index is 11.8. The highest BCUT2D eigenvalue weighted by Gasteiger charge is 2.51. The van der Waals surface area contributed by atoms with Gasteiger partial charge in [-0.2, -0.15) is 5.26 Å². The van der Waals surface area contributed by atoms with Crippen LogP contribution in [0.1, 0.15) is 53.9 Å². The van der Waals surface area contributed by atoms with Gasteiger partial charge in [0.25, 0.3) is 0 Å². The van der Waals surface area contributed by atoms with E-state index in [1.165, 1.54) is 0 Å². The molecule has 0 aromatic carbocycles. The Hall–Kier alpha value is -1.24. The third-order valence-electron chi connectivity index (χ3n) is 3.42. The lowest BCUT2D eigenvalue weighted by molar-refractivity contribution is 0.0200. The molecule has 0 saturated heterocycles. The van der Waals surface area contributed by atoms with Gasteiger partial charge in [-0.1, -0.05) is 0 Å². The fraction of sp³-hybridized carbons (Fsp3) is 0.846. The topological polar surface area (TPSA) is 62.1 Å². The van der Waals surface area contributed by atoms with Crippen LogP contribution in [0.5, 0.6) is 0 Å². The number of hydrogen-bond acceptors (Lipinski definition) is 3. The molecule has 1 rings (SSSR count). The summed E-state index contributed by atoms with van der Waals surface area (Å²) in [6.45, 7) is 9.22. The van der Waals surface area contributed by atoms with E-state index in [2.05, 4.69) is 11.4 Å². The minimum atomic E-state index is -0.567. The van der Waals surface area contributed by atoms with E-state index in [1.54, 1.807) is 0 Å². The number of carbonyl (C=O) groups is 1. The number of hydrogen-bond donors (Lipinski definition) is 1. The molecule has 1 fully saturated rings. The molecular weight excluding hydrogens is 216 g/mol. The predicted molar refractivity (Wildman–Crippen MR) is 65.3 cm³/mol. The number of nitriles is 1. The van der Waals surface area contributed by atoms with Gasteiger partial charge in [0.1, 0.15) is 5.60 Å². The maximum Gasteiger partial charge on any atom is 0.408 e. The second kappa shape index (κ2) is 4.21. The summed E-state index contributed by atoms with van der Waals surface area (Å²) in [6, 6.07) is 2.28. The summed E-state index contributed by atoms with van der Waals surface area (Å²) in [5.41, 5.74) is -1.50. The van der Waals surface area contributed by atoms with Gasteiger partial charge in [-0.15, -0.1) is 0 Å². The Morgan fingerprint density at radius 2 is 1.82 bits per heavy atom. The molecule has 0 aromatic heterocycles. The Morgan fingerprint density at radius 3 is 2.12 bits per heavy atom. The van der Waals surface area contributed by atoms with E-state index in [4.69, 9.17) is 4.74 Å². The van der Waals surface area contributed by atoms with Crippen LogP contribution in [-0.2, 0) is 4.74 Å². The third-order valence-corrected chi connectivity index (χ3v) is 3.42. The first-order valence-corrected chi connectivity index (χ1v) is 6.04. The quantitative estimate of drug-likeness (QED) is 0.804. The summed E-state index contributed by atoms with van der Waals surface area (Å²) in [4.78, 5) is 11.8. The zero-order chi connectivity index (χ0) is 13.3. The number of nitrogens with zero attached hydrogens (tertiary/aromatic N) is 1. The number of amides is 1. The SMILES string of the molecule is CC(C)(C)OC(=O)NC1(C(C)(C)C#N)CCC1. The van der Waals surface area contributed by atoms with Crippen molar-refractivity contribution in [3.63, 3.8) is 0 Å². The first-order chi connectivity index (χ1) is 7.62. The Balaban J connectivity index is 2.72. The molecule has 96 valence electrons. The van der Waals surface area contributed by atoms with Gasteiger partial charge in [-0.3, -0.25) is 0 Å². The Bertz CT molecular complexity index is 343. The van der Waals surface area contributed by atoms with Crippen LogP contribution in [0, 0.1) is 16.7 Å². The number of carbonyl (C=O) groups excluding carboxylic acids is 1. The van der Waals surface area contributed by atoms with Crippen LogP contribution in [0.25, 0.3) is 0 Å². The molecule has 0 bridgehead atoms. The molecule has 0 unspecified atom stereocenters. The van der Waals surface area contributed by atoms with Gasteiger partial charge in [-0.25, -0.2) is 4.79 Å². The molecule has 1 aliphatic carbocycles. The Kier molecular flexibility index (Phi) is 3.42. The van der Waals surface area contributed by atoms with Crippen LogP contribution < -0.4 is 5.32 Å². The highest BCUT2D eigenvalue weighted by molar-refractivity contribution is 5.69. The Labute approximate surface area is 103 Å². The average Bonchev–Trinajstić information content (AvgIpc) is 2.08. The highest BCUT2D eigenvalue weighted by Crippen LogP contribution is 2.45. The van der Waals surface area contributed by atoms with E-state index in [1.807, 2.05) is 34.6 Å². The molecule has 1 aliphatic rings. The molecular formula is C13H22N2O2. The summed E-state index contributed by atoms with van der Waals surface area (Å²) in [6.07, 6.45) is 2.29. The average molecular weight is 238 g/mol. The van der Waals surface area contributed by atoms with E-state index in [9.17, 15) is 10.1 Å². The normalized spacial score (nSPS) is 18.8. The minimum Gasteiger partial charge on any atom is -0.444 e. The van der Waals surface area contributed by atoms with E-state index in [-0.39, 0.29) is 0 Å². The van der Waals surface area contributed by atoms with Crippen LogP contribution in [0.4, 0.5) is 4.79 Å². The third kappa shape index (κ3) is 2.91. The van der Waals surface area contributed by atoms with Crippen molar-refractivity contribution in [2.75, 3.05) is 0 Å². The molecule has 0 aliphatic heterocycles. The van der Waals surface area contributed by atoms with E-state index in [0.29, 0.717) is 0 Å². The van der Waals surface area contributed by atoms with Crippen LogP contribution in [-0.4, -0.2) is 17.2 Å². The monoisotopic (exact) mass is 238 g/mol. The van der Waals surface area contributed by atoms with E-state index >= 15 is 0 Å². The number of rotatable bonds is 2. The minimum absolute atomic E-state index is 0.427. The number of ether oxygens (including phenoxy) is 1. The van der Waals surface area contributed by atoms with Gasteiger partial charge < -0.3 is 10.1 Å². The lowest BCUT2D eigenvalue weighted by Gasteiger charge is -2.49. The lowest BCUT2D eigenvalue weighted by Crippen LogP contribution is -2.62. The van der Waals surface area contributed by atoms with E-state index < -0.39 is 22.6 Å². The summed E-state index contributed by atoms with van der Waals surface area (Å²) >= 11 is 0. The molecule has 1 N–H and O–H groups in total. The summed E-state index contributed by atoms with van der Waals surface area (Å²) in [5, 5.41) is 12.1. The van der Waals surface area contributed by atoms with Gasteiger partial charge in [0.2, 0.25) is 0 Å². The number of nitrogens with one attached hydrogen (secondary N) is 1. The zero-order valence-corrected chi connectivity index (χ0v) is 11.4. The largest absolute Gasteiger partial charge is 0.444 e. The molecule has 1 saturated carbocycles. The smallest absolute Gasteiger partial charge is 0.408 e. The molecule has 17 heavy (non-hydrogen) atoms. The van der Waals surface area contributed by atoms with Crippen molar-refractivity contribution in [3.8, 4) is 6.07 Å². The van der Waals surface area contributed by atoms with Crippen molar-refractivity contribution < 1.29 is 9.53 Å². The summed E-state index contributed by atoms with van der Waals surface area (Å²) in [5.74, 6) is 0. The predicted octanol–water partition coefficient (Wildman–Crippen LogP) is 2.98. The van der Waals surface area contributed by atoms with Crippen LogP contribution in [0.15, 0.2) is 0 Å². The molecule has 0 atom stereocenters. The highest BCUT2D eigenvalue weighted by atomic mass is 16.6. The molecule has 0 aromatic rings. The Morgan fingerprint density at radius 1 is 1.29 bits per heavy atom. The second-order valence-electron chi connectivity index (χ2n) is 6.30. The van der Waals surface area contributed by atoms with Gasteiger partial charge >= 0.3 is 6.09 Å². The van der Waals surface area contributed by atoms with Crippen molar-refractivity contribution in [3.05, 3.63) is 0 Å². The second-order valence-corrected chi connectivity index (χ2v) is 6.30. The fourth-order valence-corrected chi connectivity index (χ4v) is 2.04. The molecule has 1 amide bonds. The first-order valence-electron chi connectivity index (χ1n) is 6.04. The standard InChI is InChI=1S/C13H22N2O2/c1-11(2,3)17-10(16)15-13(7-6-8-13)12(4,5)9-14/h6-8H2,1-5H3,(H,15,16). The van der Waals surface area contributed by atoms with Crippen molar-refractivity contribution in [2.24, 2.45) is 5.41 Å². The van der Waals surface area contributed by atoms with Crippen molar-refractivity contribution in [1.29, 1.82) is 5.26 Å². The maximum atomic E-state index is 11.8. The first kappa shape index (κ1) is 13.8. The van der Waals surface area contributed by atoms with Gasteiger partial charge in [0.05, 0.1) is 17.0 Å². The van der Waals surface area contributed by atoms with E-state index in [0.717, 1.165) is 19.3 Å². The molecule has 0 spiro atoms. The number of alkyl carbamates (subject to hydrolysis) is 1. The van der Waals surface area contributed by atoms with Gasteiger partial charge in [0.15, 0.2) is 0 Å². The molecule has 4 heteroatoms.